The standard InChI is InChI=1S/C20H20N4O/c1-14(20-22-16-7-3-4-8-17(16)23-20)21-19(25)11-13-24-12-10-15-6-2-5-9-18(15)24/h2-10,12,14H,11,13H2,1H3,(H,21,25)(H,22,23)/t14-/m0/s1. The molecular weight excluding hydrogens is 312 g/mol. The van der Waals surface area contributed by atoms with Crippen LogP contribution in [0.2, 0.25) is 0 Å². The number of aromatic amines is 1. The summed E-state index contributed by atoms with van der Waals surface area (Å²) in [7, 11) is 0. The van der Waals surface area contributed by atoms with Gasteiger partial charge in [0.15, 0.2) is 0 Å². The normalized spacial score (nSPS) is 12.5. The van der Waals surface area contributed by atoms with Crippen molar-refractivity contribution in [3.63, 3.8) is 0 Å². The van der Waals surface area contributed by atoms with E-state index in [1.54, 1.807) is 0 Å². The number of aryl methyl sites for hydroxylation is 1. The first kappa shape index (κ1) is 15.4. The average molecular weight is 332 g/mol. The number of benzene rings is 2. The highest BCUT2D eigenvalue weighted by Gasteiger charge is 2.13. The van der Waals surface area contributed by atoms with Gasteiger partial charge in [-0.1, -0.05) is 30.3 Å². The van der Waals surface area contributed by atoms with E-state index in [9.17, 15) is 4.79 Å². The third kappa shape index (κ3) is 3.13. The summed E-state index contributed by atoms with van der Waals surface area (Å²) in [6.45, 7) is 2.60. The Hall–Kier alpha value is -3.08. The first-order chi connectivity index (χ1) is 12.2. The van der Waals surface area contributed by atoms with Crippen molar-refractivity contribution in [1.29, 1.82) is 0 Å². The fraction of sp³-hybridized carbons (Fsp3) is 0.200. The molecule has 0 unspecified atom stereocenters. The number of imidazole rings is 1. The third-order valence-corrected chi connectivity index (χ3v) is 4.46. The van der Waals surface area contributed by atoms with E-state index in [4.69, 9.17) is 0 Å². The molecule has 0 saturated carbocycles. The van der Waals surface area contributed by atoms with Gasteiger partial charge in [-0.2, -0.15) is 0 Å². The van der Waals surface area contributed by atoms with Crippen LogP contribution in [-0.2, 0) is 11.3 Å². The Kier molecular flexibility index (Phi) is 3.98. The van der Waals surface area contributed by atoms with Gasteiger partial charge in [0.05, 0.1) is 17.1 Å². The minimum absolute atomic E-state index is 0.0192. The molecule has 0 fully saturated rings. The second kappa shape index (κ2) is 6.43. The third-order valence-electron chi connectivity index (χ3n) is 4.46. The Labute approximate surface area is 145 Å². The molecular formula is C20H20N4O. The van der Waals surface area contributed by atoms with Crippen molar-refractivity contribution in [3.05, 3.63) is 66.6 Å². The molecule has 1 atom stereocenters. The number of rotatable bonds is 5. The van der Waals surface area contributed by atoms with E-state index in [1.165, 1.54) is 5.39 Å². The second-order valence-electron chi connectivity index (χ2n) is 6.25. The number of para-hydroxylation sites is 3. The topological polar surface area (TPSA) is 62.7 Å². The van der Waals surface area contributed by atoms with Gasteiger partial charge >= 0.3 is 0 Å². The second-order valence-corrected chi connectivity index (χ2v) is 6.25. The lowest BCUT2D eigenvalue weighted by atomic mass is 10.2. The maximum Gasteiger partial charge on any atom is 0.222 e. The molecule has 0 radical (unpaired) electrons. The van der Waals surface area contributed by atoms with Gasteiger partial charge in [0.2, 0.25) is 5.91 Å². The van der Waals surface area contributed by atoms with Crippen molar-refractivity contribution in [1.82, 2.24) is 19.9 Å². The number of aromatic nitrogens is 3. The molecule has 4 aromatic rings. The summed E-state index contributed by atoms with van der Waals surface area (Å²) in [5.74, 6) is 0.798. The van der Waals surface area contributed by atoms with E-state index >= 15 is 0 Å². The smallest absolute Gasteiger partial charge is 0.222 e. The van der Waals surface area contributed by atoms with Gasteiger partial charge in [-0.3, -0.25) is 4.79 Å². The van der Waals surface area contributed by atoms with Crippen LogP contribution in [0.5, 0.6) is 0 Å². The van der Waals surface area contributed by atoms with E-state index in [-0.39, 0.29) is 11.9 Å². The van der Waals surface area contributed by atoms with Crippen LogP contribution in [0.25, 0.3) is 21.9 Å². The molecule has 2 N–H and O–H groups in total. The molecule has 2 aromatic heterocycles. The van der Waals surface area contributed by atoms with Crippen molar-refractivity contribution >= 4 is 27.8 Å². The Balaban J connectivity index is 1.39. The summed E-state index contributed by atoms with van der Waals surface area (Å²) in [4.78, 5) is 20.1. The molecule has 1 amide bonds. The van der Waals surface area contributed by atoms with E-state index < -0.39 is 0 Å². The lowest BCUT2D eigenvalue weighted by Crippen LogP contribution is -2.28. The van der Waals surface area contributed by atoms with Crippen LogP contribution in [0.4, 0.5) is 0 Å². The Morgan fingerprint density at radius 1 is 1.16 bits per heavy atom. The average Bonchev–Trinajstić information content (AvgIpc) is 3.24. The van der Waals surface area contributed by atoms with Crippen LogP contribution in [0.3, 0.4) is 0 Å². The number of carbonyl (C=O) groups excluding carboxylic acids is 1. The summed E-state index contributed by atoms with van der Waals surface area (Å²) in [5, 5.41) is 4.21. The monoisotopic (exact) mass is 332 g/mol. The molecule has 0 aliphatic rings. The van der Waals surface area contributed by atoms with Crippen LogP contribution in [0.15, 0.2) is 60.8 Å². The number of fused-ring (bicyclic) bond motifs is 2. The van der Waals surface area contributed by atoms with Crippen LogP contribution < -0.4 is 5.32 Å². The van der Waals surface area contributed by atoms with E-state index in [2.05, 4.69) is 38.1 Å². The van der Waals surface area contributed by atoms with E-state index in [0.29, 0.717) is 13.0 Å². The number of carbonyl (C=O) groups is 1. The molecule has 0 aliphatic heterocycles. The summed E-state index contributed by atoms with van der Waals surface area (Å²) in [6, 6.07) is 18.0. The highest BCUT2D eigenvalue weighted by atomic mass is 16.1. The van der Waals surface area contributed by atoms with Crippen molar-refractivity contribution in [2.45, 2.75) is 25.9 Å². The minimum Gasteiger partial charge on any atom is -0.347 e. The molecule has 2 heterocycles. The summed E-state index contributed by atoms with van der Waals surface area (Å²) in [5.41, 5.74) is 3.05. The number of amides is 1. The van der Waals surface area contributed by atoms with Crippen molar-refractivity contribution in [2.75, 3.05) is 0 Å². The van der Waals surface area contributed by atoms with Crippen LogP contribution in [-0.4, -0.2) is 20.4 Å². The molecule has 0 bridgehead atoms. The molecule has 2 aromatic carbocycles. The molecule has 0 aliphatic carbocycles. The predicted octanol–water partition coefficient (Wildman–Crippen LogP) is 3.79. The molecule has 0 saturated heterocycles. The Bertz CT molecular complexity index is 997. The minimum atomic E-state index is -0.152. The van der Waals surface area contributed by atoms with Gasteiger partial charge in [-0.25, -0.2) is 4.98 Å². The fourth-order valence-corrected chi connectivity index (χ4v) is 3.12. The lowest BCUT2D eigenvalue weighted by molar-refractivity contribution is -0.122. The molecule has 0 spiro atoms. The maximum atomic E-state index is 12.3. The van der Waals surface area contributed by atoms with Gasteiger partial charge in [-0.05, 0) is 36.6 Å². The van der Waals surface area contributed by atoms with Gasteiger partial charge in [-0.15, -0.1) is 0 Å². The number of H-pyrrole nitrogens is 1. The van der Waals surface area contributed by atoms with Gasteiger partial charge in [0.1, 0.15) is 5.82 Å². The number of hydrogen-bond acceptors (Lipinski definition) is 2. The van der Waals surface area contributed by atoms with Crippen molar-refractivity contribution in [3.8, 4) is 0 Å². The molecule has 25 heavy (non-hydrogen) atoms. The Morgan fingerprint density at radius 2 is 1.96 bits per heavy atom. The fourth-order valence-electron chi connectivity index (χ4n) is 3.12. The van der Waals surface area contributed by atoms with Crippen LogP contribution in [0.1, 0.15) is 25.2 Å². The van der Waals surface area contributed by atoms with Crippen molar-refractivity contribution < 1.29 is 4.79 Å². The molecule has 4 rings (SSSR count). The Morgan fingerprint density at radius 3 is 2.84 bits per heavy atom. The van der Waals surface area contributed by atoms with Gasteiger partial charge in [0.25, 0.3) is 0 Å². The number of nitrogens with zero attached hydrogens (tertiary/aromatic N) is 2. The molecule has 5 heteroatoms. The van der Waals surface area contributed by atoms with Crippen LogP contribution >= 0.6 is 0 Å². The number of hydrogen-bond donors (Lipinski definition) is 2. The van der Waals surface area contributed by atoms with E-state index in [1.807, 2.05) is 49.5 Å². The van der Waals surface area contributed by atoms with Gasteiger partial charge < -0.3 is 14.9 Å². The zero-order valence-corrected chi connectivity index (χ0v) is 14.1. The maximum absolute atomic E-state index is 12.3. The molecule has 5 nitrogen and oxygen atoms in total. The zero-order chi connectivity index (χ0) is 17.2. The summed E-state index contributed by atoms with van der Waals surface area (Å²) in [6.07, 6.45) is 2.46. The predicted molar refractivity (Wildman–Crippen MR) is 99.2 cm³/mol. The van der Waals surface area contributed by atoms with E-state index in [0.717, 1.165) is 22.4 Å². The summed E-state index contributed by atoms with van der Waals surface area (Å²) >= 11 is 0. The first-order valence-electron chi connectivity index (χ1n) is 8.48. The quantitative estimate of drug-likeness (QED) is 0.584. The highest BCUT2D eigenvalue weighted by molar-refractivity contribution is 5.81. The van der Waals surface area contributed by atoms with Crippen molar-refractivity contribution in [2.24, 2.45) is 0 Å². The lowest BCUT2D eigenvalue weighted by Gasteiger charge is -2.12. The first-order valence-corrected chi connectivity index (χ1v) is 8.48. The number of nitrogens with one attached hydrogen (secondary N) is 2. The largest absolute Gasteiger partial charge is 0.347 e. The van der Waals surface area contributed by atoms with Gasteiger partial charge in [0, 0.05) is 24.7 Å². The summed E-state index contributed by atoms with van der Waals surface area (Å²) < 4.78 is 2.11. The SMILES string of the molecule is C[C@H](NC(=O)CCn1ccc2ccccc21)c1nc2ccccc2[nH]1. The zero-order valence-electron chi connectivity index (χ0n) is 14.1. The van der Waals surface area contributed by atoms with Crippen LogP contribution in [0, 0.1) is 0 Å². The molecule has 126 valence electrons. The highest BCUT2D eigenvalue weighted by Crippen LogP contribution is 2.17.